The van der Waals surface area contributed by atoms with Gasteiger partial charge in [-0.25, -0.2) is 4.98 Å². The summed E-state index contributed by atoms with van der Waals surface area (Å²) in [4.78, 5) is 16.9. The Hall–Kier alpha value is -1.41. The lowest BCUT2D eigenvalue weighted by molar-refractivity contribution is -0.123. The highest BCUT2D eigenvalue weighted by atomic mass is 32.1. The third kappa shape index (κ3) is 3.80. The van der Waals surface area contributed by atoms with Crippen LogP contribution in [0.3, 0.4) is 0 Å². The molecule has 0 aliphatic rings. The Morgan fingerprint density at radius 1 is 1.45 bits per heavy atom. The lowest BCUT2D eigenvalue weighted by atomic mass is 9.80. The second kappa shape index (κ2) is 7.39. The van der Waals surface area contributed by atoms with Crippen molar-refractivity contribution in [1.82, 2.24) is 4.98 Å². The molecule has 4 nitrogen and oxygen atoms in total. The molecule has 1 amide bonds. The summed E-state index contributed by atoms with van der Waals surface area (Å²) >= 11 is 1.42. The van der Waals surface area contributed by atoms with Crippen molar-refractivity contribution in [2.45, 2.75) is 59.3 Å². The van der Waals surface area contributed by atoms with Crippen molar-refractivity contribution in [3.8, 4) is 6.07 Å². The topological polar surface area (TPSA) is 65.8 Å². The predicted molar refractivity (Wildman–Crippen MR) is 82.7 cm³/mol. The van der Waals surface area contributed by atoms with Crippen LogP contribution in [0.25, 0.3) is 0 Å². The summed E-state index contributed by atoms with van der Waals surface area (Å²) < 4.78 is 0. The summed E-state index contributed by atoms with van der Waals surface area (Å²) in [5.41, 5.74) is 0.0477. The van der Waals surface area contributed by atoms with E-state index in [9.17, 15) is 10.1 Å². The molecule has 5 heteroatoms. The first kappa shape index (κ1) is 16.6. The first-order valence-corrected chi connectivity index (χ1v) is 8.05. The second-order valence-electron chi connectivity index (χ2n) is 5.38. The van der Waals surface area contributed by atoms with Crippen LogP contribution in [0.4, 0.5) is 5.13 Å². The number of nitrogens with one attached hydrogen (secondary N) is 1. The van der Waals surface area contributed by atoms with Crippen molar-refractivity contribution in [3.05, 3.63) is 11.1 Å². The van der Waals surface area contributed by atoms with Crippen LogP contribution in [0.15, 0.2) is 5.38 Å². The average Bonchev–Trinajstić information content (AvgIpc) is 2.87. The van der Waals surface area contributed by atoms with E-state index in [4.69, 9.17) is 0 Å². The SMILES string of the molecule is CCCC(C#N)(CCC)C(=O)Nc1nc(C(C)C)cs1. The minimum Gasteiger partial charge on any atom is -0.301 e. The van der Waals surface area contributed by atoms with Gasteiger partial charge in [0.15, 0.2) is 5.13 Å². The number of rotatable bonds is 7. The standard InChI is InChI=1S/C15H23N3OS/c1-5-7-15(10-16,8-6-2)13(19)18-14-17-12(9-20-14)11(3)4/h9,11H,5-8H2,1-4H3,(H,17,18,19). The van der Waals surface area contributed by atoms with Crippen LogP contribution in [-0.4, -0.2) is 10.9 Å². The lowest BCUT2D eigenvalue weighted by Gasteiger charge is -2.23. The van der Waals surface area contributed by atoms with E-state index in [1.54, 1.807) is 0 Å². The van der Waals surface area contributed by atoms with Gasteiger partial charge >= 0.3 is 0 Å². The Morgan fingerprint density at radius 3 is 2.45 bits per heavy atom. The van der Waals surface area contributed by atoms with Gasteiger partial charge in [0.2, 0.25) is 5.91 Å². The van der Waals surface area contributed by atoms with E-state index < -0.39 is 5.41 Å². The molecule has 20 heavy (non-hydrogen) atoms. The fraction of sp³-hybridized carbons (Fsp3) is 0.667. The van der Waals surface area contributed by atoms with E-state index >= 15 is 0 Å². The number of aromatic nitrogens is 1. The van der Waals surface area contributed by atoms with Crippen LogP contribution in [-0.2, 0) is 4.79 Å². The van der Waals surface area contributed by atoms with Crippen molar-refractivity contribution in [3.63, 3.8) is 0 Å². The Bertz CT molecular complexity index is 482. The molecule has 0 aliphatic carbocycles. The molecule has 0 atom stereocenters. The summed E-state index contributed by atoms with van der Waals surface area (Å²) in [6.07, 6.45) is 2.81. The number of hydrogen-bond acceptors (Lipinski definition) is 4. The van der Waals surface area contributed by atoms with Crippen LogP contribution in [0, 0.1) is 16.7 Å². The van der Waals surface area contributed by atoms with Crippen LogP contribution in [0.5, 0.6) is 0 Å². The number of carbonyl (C=O) groups excluding carboxylic acids is 1. The number of amides is 1. The van der Waals surface area contributed by atoms with E-state index in [2.05, 4.69) is 30.2 Å². The predicted octanol–water partition coefficient (Wildman–Crippen LogP) is 4.32. The molecule has 0 saturated carbocycles. The highest BCUT2D eigenvalue weighted by Crippen LogP contribution is 2.31. The fourth-order valence-electron chi connectivity index (χ4n) is 2.19. The van der Waals surface area contributed by atoms with Crippen molar-refractivity contribution in [1.29, 1.82) is 5.26 Å². The number of nitriles is 1. The van der Waals surface area contributed by atoms with Gasteiger partial charge in [-0.15, -0.1) is 11.3 Å². The molecule has 1 N–H and O–H groups in total. The number of anilines is 1. The minimum atomic E-state index is -0.923. The molecule has 0 saturated heterocycles. The highest BCUT2D eigenvalue weighted by Gasteiger charge is 2.37. The molecule has 110 valence electrons. The van der Waals surface area contributed by atoms with Gasteiger partial charge in [0.1, 0.15) is 5.41 Å². The first-order chi connectivity index (χ1) is 9.49. The van der Waals surface area contributed by atoms with Crippen molar-refractivity contribution >= 4 is 22.4 Å². The average molecular weight is 293 g/mol. The fourth-order valence-corrected chi connectivity index (χ4v) is 3.06. The Kier molecular flexibility index (Phi) is 6.15. The zero-order valence-electron chi connectivity index (χ0n) is 12.7. The maximum Gasteiger partial charge on any atom is 0.246 e. The van der Waals surface area contributed by atoms with Crippen LogP contribution in [0.2, 0.25) is 0 Å². The number of carbonyl (C=O) groups is 1. The molecule has 1 aromatic heterocycles. The monoisotopic (exact) mass is 293 g/mol. The molecule has 1 rings (SSSR count). The Morgan fingerprint density at radius 2 is 2.05 bits per heavy atom. The molecule has 0 bridgehead atoms. The number of hydrogen-bond donors (Lipinski definition) is 1. The van der Waals surface area contributed by atoms with Gasteiger partial charge in [-0.05, 0) is 18.8 Å². The third-order valence-corrected chi connectivity index (χ3v) is 4.11. The molecule has 0 unspecified atom stereocenters. The minimum absolute atomic E-state index is 0.214. The summed E-state index contributed by atoms with van der Waals surface area (Å²) in [7, 11) is 0. The Balaban J connectivity index is 2.87. The lowest BCUT2D eigenvalue weighted by Crippen LogP contribution is -2.35. The van der Waals surface area contributed by atoms with Crippen LogP contribution >= 0.6 is 11.3 Å². The zero-order valence-corrected chi connectivity index (χ0v) is 13.5. The van der Waals surface area contributed by atoms with Crippen LogP contribution in [0.1, 0.15) is 65.0 Å². The molecule has 1 heterocycles. The van der Waals surface area contributed by atoms with E-state index in [1.807, 2.05) is 19.2 Å². The van der Waals surface area contributed by atoms with Crippen molar-refractivity contribution < 1.29 is 4.79 Å². The maximum absolute atomic E-state index is 12.5. The summed E-state index contributed by atoms with van der Waals surface area (Å²) in [6.45, 7) is 8.12. The van der Waals surface area contributed by atoms with Gasteiger partial charge in [0.25, 0.3) is 0 Å². The Labute approximate surface area is 125 Å². The second-order valence-corrected chi connectivity index (χ2v) is 6.24. The molecule has 0 fully saturated rings. The van der Waals surface area contributed by atoms with Gasteiger partial charge in [0.05, 0.1) is 11.8 Å². The smallest absolute Gasteiger partial charge is 0.246 e. The quantitative estimate of drug-likeness (QED) is 0.814. The third-order valence-electron chi connectivity index (χ3n) is 3.34. The van der Waals surface area contributed by atoms with E-state index in [0.29, 0.717) is 23.9 Å². The highest BCUT2D eigenvalue weighted by molar-refractivity contribution is 7.13. The number of nitrogens with zero attached hydrogens (tertiary/aromatic N) is 2. The van der Waals surface area contributed by atoms with Gasteiger partial charge in [-0.1, -0.05) is 40.5 Å². The van der Waals surface area contributed by atoms with Gasteiger partial charge < -0.3 is 5.32 Å². The summed E-state index contributed by atoms with van der Waals surface area (Å²) in [5, 5.41) is 14.8. The molecule has 0 radical (unpaired) electrons. The van der Waals surface area contributed by atoms with Gasteiger partial charge in [0, 0.05) is 5.38 Å². The van der Waals surface area contributed by atoms with Crippen molar-refractivity contribution in [2.24, 2.45) is 5.41 Å². The van der Waals surface area contributed by atoms with E-state index in [-0.39, 0.29) is 5.91 Å². The van der Waals surface area contributed by atoms with Crippen LogP contribution < -0.4 is 5.32 Å². The first-order valence-electron chi connectivity index (χ1n) is 7.17. The molecule has 0 aromatic carbocycles. The van der Waals surface area contributed by atoms with E-state index in [1.165, 1.54) is 11.3 Å². The maximum atomic E-state index is 12.5. The largest absolute Gasteiger partial charge is 0.301 e. The molecule has 1 aromatic rings. The van der Waals surface area contributed by atoms with Gasteiger partial charge in [-0.3, -0.25) is 4.79 Å². The van der Waals surface area contributed by atoms with Gasteiger partial charge in [-0.2, -0.15) is 5.26 Å². The summed E-state index contributed by atoms with van der Waals surface area (Å²) in [6, 6.07) is 2.23. The molecule has 0 aliphatic heterocycles. The summed E-state index contributed by atoms with van der Waals surface area (Å²) in [5.74, 6) is 0.122. The zero-order chi connectivity index (χ0) is 15.2. The normalized spacial score (nSPS) is 11.4. The molecular formula is C15H23N3OS. The van der Waals surface area contributed by atoms with E-state index in [0.717, 1.165) is 18.5 Å². The molecular weight excluding hydrogens is 270 g/mol. The van der Waals surface area contributed by atoms with Crippen molar-refractivity contribution in [2.75, 3.05) is 5.32 Å². The number of thiazole rings is 1. The molecule has 0 spiro atoms.